The Bertz CT molecular complexity index is 196. The Morgan fingerprint density at radius 1 is 1.12 bits per heavy atom. The minimum absolute atomic E-state index is 0.817. The molecule has 1 aliphatic heterocycles. The molecule has 100 valence electrons. The number of nitrogens with zero attached hydrogens (tertiary/aromatic N) is 1. The third-order valence-electron chi connectivity index (χ3n) is 4.29. The largest absolute Gasteiger partial charge is 0.314 e. The van der Waals surface area contributed by atoms with E-state index >= 15 is 0 Å². The Labute approximate surface area is 111 Å². The molecule has 0 amide bonds. The lowest BCUT2D eigenvalue weighted by Crippen LogP contribution is -2.35. The van der Waals surface area contributed by atoms with E-state index in [4.69, 9.17) is 0 Å². The van der Waals surface area contributed by atoms with Crippen molar-refractivity contribution in [2.24, 2.45) is 0 Å². The normalized spacial score (nSPS) is 30.9. The molecule has 0 bridgehead atoms. The van der Waals surface area contributed by atoms with Gasteiger partial charge in [-0.2, -0.15) is 11.8 Å². The second-order valence-corrected chi connectivity index (χ2v) is 6.70. The van der Waals surface area contributed by atoms with Crippen molar-refractivity contribution in [1.82, 2.24) is 10.2 Å². The Balaban J connectivity index is 1.48. The predicted molar refractivity (Wildman–Crippen MR) is 77.9 cm³/mol. The van der Waals surface area contributed by atoms with Gasteiger partial charge in [0.1, 0.15) is 0 Å². The fraction of sp³-hybridized carbons (Fsp3) is 1.00. The molecule has 0 atom stereocenters. The quantitative estimate of drug-likeness (QED) is 0.736. The summed E-state index contributed by atoms with van der Waals surface area (Å²) in [5.74, 6) is 0. The molecule has 1 heterocycles. The van der Waals surface area contributed by atoms with Crippen LogP contribution in [-0.4, -0.2) is 48.6 Å². The standard InChI is InChI=1S/C14H28N2S/c1-17-14-7-5-13(6-8-14)15-9-4-12-16-10-2-3-11-16/h13-15H,2-12H2,1H3. The SMILES string of the molecule is CSC1CCC(NCCCN2CCCC2)CC1. The average Bonchev–Trinajstić information content (AvgIpc) is 2.88. The molecule has 0 aromatic rings. The van der Waals surface area contributed by atoms with Gasteiger partial charge in [-0.05, 0) is 77.4 Å². The molecule has 2 nitrogen and oxygen atoms in total. The average molecular weight is 256 g/mol. The van der Waals surface area contributed by atoms with Crippen molar-refractivity contribution in [2.75, 3.05) is 32.4 Å². The maximum Gasteiger partial charge on any atom is 0.00678 e. The molecule has 1 saturated heterocycles. The van der Waals surface area contributed by atoms with Crippen LogP contribution in [0.1, 0.15) is 44.9 Å². The van der Waals surface area contributed by atoms with Gasteiger partial charge in [0.05, 0.1) is 0 Å². The summed E-state index contributed by atoms with van der Waals surface area (Å²) < 4.78 is 0. The van der Waals surface area contributed by atoms with Gasteiger partial charge in [-0.3, -0.25) is 0 Å². The van der Waals surface area contributed by atoms with Crippen LogP contribution in [0, 0.1) is 0 Å². The van der Waals surface area contributed by atoms with E-state index in [1.54, 1.807) is 0 Å². The smallest absolute Gasteiger partial charge is 0.00678 e. The molecule has 2 rings (SSSR count). The molecule has 0 spiro atoms. The van der Waals surface area contributed by atoms with Gasteiger partial charge in [0.25, 0.3) is 0 Å². The number of thioether (sulfide) groups is 1. The number of nitrogens with one attached hydrogen (secondary N) is 1. The molecular weight excluding hydrogens is 228 g/mol. The van der Waals surface area contributed by atoms with Gasteiger partial charge >= 0.3 is 0 Å². The first-order valence-corrected chi connectivity index (χ1v) is 8.66. The van der Waals surface area contributed by atoms with Crippen LogP contribution in [0.25, 0.3) is 0 Å². The molecule has 0 unspecified atom stereocenters. The lowest BCUT2D eigenvalue weighted by atomic mass is 9.95. The second-order valence-electron chi connectivity index (χ2n) is 5.57. The van der Waals surface area contributed by atoms with Crippen molar-refractivity contribution in [3.8, 4) is 0 Å². The Kier molecular flexibility index (Phi) is 6.16. The van der Waals surface area contributed by atoms with Gasteiger partial charge in [-0.1, -0.05) is 0 Å². The summed E-state index contributed by atoms with van der Waals surface area (Å²) in [5, 5.41) is 4.70. The van der Waals surface area contributed by atoms with Crippen LogP contribution in [0.15, 0.2) is 0 Å². The first-order chi connectivity index (χ1) is 8.38. The minimum atomic E-state index is 0.817. The Hall–Kier alpha value is 0.270. The molecule has 1 saturated carbocycles. The van der Waals surface area contributed by atoms with Crippen molar-refractivity contribution in [1.29, 1.82) is 0 Å². The summed E-state index contributed by atoms with van der Waals surface area (Å²) >= 11 is 2.06. The molecule has 1 N–H and O–H groups in total. The van der Waals surface area contributed by atoms with Gasteiger partial charge in [0.15, 0.2) is 0 Å². The molecule has 3 heteroatoms. The van der Waals surface area contributed by atoms with E-state index in [0.29, 0.717) is 0 Å². The van der Waals surface area contributed by atoms with E-state index in [1.807, 2.05) is 0 Å². The fourth-order valence-corrected chi connectivity index (χ4v) is 3.86. The van der Waals surface area contributed by atoms with Crippen LogP contribution in [0.3, 0.4) is 0 Å². The zero-order chi connectivity index (χ0) is 11.9. The van der Waals surface area contributed by atoms with Crippen molar-refractivity contribution in [3.05, 3.63) is 0 Å². The van der Waals surface area contributed by atoms with Crippen LogP contribution in [-0.2, 0) is 0 Å². The zero-order valence-corrected chi connectivity index (χ0v) is 12.1. The maximum atomic E-state index is 3.75. The van der Waals surface area contributed by atoms with E-state index in [0.717, 1.165) is 11.3 Å². The molecule has 1 aliphatic carbocycles. The highest BCUT2D eigenvalue weighted by atomic mass is 32.2. The maximum absolute atomic E-state index is 3.75. The molecule has 0 aromatic carbocycles. The van der Waals surface area contributed by atoms with Gasteiger partial charge < -0.3 is 10.2 Å². The first-order valence-electron chi connectivity index (χ1n) is 7.37. The topological polar surface area (TPSA) is 15.3 Å². The number of likely N-dealkylation sites (tertiary alicyclic amines) is 1. The lowest BCUT2D eigenvalue weighted by molar-refractivity contribution is 0.318. The summed E-state index contributed by atoms with van der Waals surface area (Å²) in [6.07, 6.45) is 12.1. The minimum Gasteiger partial charge on any atom is -0.314 e. The molecule has 2 aliphatic rings. The van der Waals surface area contributed by atoms with E-state index in [-0.39, 0.29) is 0 Å². The highest BCUT2D eigenvalue weighted by Crippen LogP contribution is 2.26. The monoisotopic (exact) mass is 256 g/mol. The van der Waals surface area contributed by atoms with Gasteiger partial charge in [0, 0.05) is 11.3 Å². The summed E-state index contributed by atoms with van der Waals surface area (Å²) in [6.45, 7) is 5.23. The number of hydrogen-bond acceptors (Lipinski definition) is 3. The third kappa shape index (κ3) is 4.80. The predicted octanol–water partition coefficient (Wildman–Crippen LogP) is 2.74. The van der Waals surface area contributed by atoms with E-state index in [2.05, 4.69) is 28.2 Å². The molecule has 0 radical (unpaired) electrons. The van der Waals surface area contributed by atoms with Gasteiger partial charge in [0.2, 0.25) is 0 Å². The zero-order valence-electron chi connectivity index (χ0n) is 11.3. The third-order valence-corrected chi connectivity index (χ3v) is 5.43. The summed E-state index contributed by atoms with van der Waals surface area (Å²) in [4.78, 5) is 2.62. The lowest BCUT2D eigenvalue weighted by Gasteiger charge is -2.28. The first kappa shape index (κ1) is 13.7. The Morgan fingerprint density at radius 3 is 2.47 bits per heavy atom. The van der Waals surface area contributed by atoms with Crippen LogP contribution in [0.4, 0.5) is 0 Å². The van der Waals surface area contributed by atoms with Crippen molar-refractivity contribution in [2.45, 2.75) is 56.2 Å². The van der Waals surface area contributed by atoms with E-state index in [9.17, 15) is 0 Å². The van der Waals surface area contributed by atoms with Crippen molar-refractivity contribution >= 4 is 11.8 Å². The second kappa shape index (κ2) is 7.65. The highest BCUT2D eigenvalue weighted by Gasteiger charge is 2.19. The summed E-state index contributed by atoms with van der Waals surface area (Å²) in [6, 6.07) is 0.817. The number of hydrogen-bond donors (Lipinski definition) is 1. The van der Waals surface area contributed by atoms with Gasteiger partial charge in [-0.25, -0.2) is 0 Å². The van der Waals surface area contributed by atoms with Crippen LogP contribution >= 0.6 is 11.8 Å². The van der Waals surface area contributed by atoms with Crippen LogP contribution in [0.2, 0.25) is 0 Å². The summed E-state index contributed by atoms with van der Waals surface area (Å²) in [5.41, 5.74) is 0. The molecule has 0 aromatic heterocycles. The van der Waals surface area contributed by atoms with E-state index < -0.39 is 0 Å². The highest BCUT2D eigenvalue weighted by molar-refractivity contribution is 7.99. The van der Waals surface area contributed by atoms with E-state index in [1.165, 1.54) is 71.1 Å². The molecular formula is C14H28N2S. The fourth-order valence-electron chi connectivity index (χ4n) is 3.12. The van der Waals surface area contributed by atoms with Crippen molar-refractivity contribution < 1.29 is 0 Å². The van der Waals surface area contributed by atoms with Gasteiger partial charge in [-0.15, -0.1) is 0 Å². The van der Waals surface area contributed by atoms with Crippen LogP contribution < -0.4 is 5.32 Å². The summed E-state index contributed by atoms with van der Waals surface area (Å²) in [7, 11) is 0. The van der Waals surface area contributed by atoms with Crippen LogP contribution in [0.5, 0.6) is 0 Å². The number of rotatable bonds is 6. The van der Waals surface area contributed by atoms with Crippen molar-refractivity contribution in [3.63, 3.8) is 0 Å². The molecule has 2 fully saturated rings. The molecule has 17 heavy (non-hydrogen) atoms. The Morgan fingerprint density at radius 2 is 1.82 bits per heavy atom.